The molecule has 0 spiro atoms. The zero-order valence-electron chi connectivity index (χ0n) is 24.3. The van der Waals surface area contributed by atoms with Crippen molar-refractivity contribution >= 4 is 65.6 Å². The van der Waals surface area contributed by atoms with E-state index in [9.17, 15) is 0 Å². The quantitative estimate of drug-likeness (QED) is 0.206. The Labute approximate surface area is 258 Å². The van der Waals surface area contributed by atoms with E-state index in [-0.39, 0.29) is 0 Å². The zero-order valence-corrected chi connectivity index (χ0v) is 24.3. The number of nitrogens with zero attached hydrogens (tertiary/aromatic N) is 2. The van der Waals surface area contributed by atoms with Crippen LogP contribution in [0.15, 0.2) is 162 Å². The van der Waals surface area contributed by atoms with Crippen LogP contribution in [0.3, 0.4) is 0 Å². The lowest BCUT2D eigenvalue weighted by Crippen LogP contribution is -1.94. The van der Waals surface area contributed by atoms with Crippen LogP contribution >= 0.6 is 0 Å². The Bertz CT molecular complexity index is 2740. The van der Waals surface area contributed by atoms with Gasteiger partial charge in [0.05, 0.1) is 22.1 Å². The average Bonchev–Trinajstić information content (AvgIpc) is 3.75. The molecule has 7 aromatic carbocycles. The molecule has 0 radical (unpaired) electrons. The highest BCUT2D eigenvalue weighted by molar-refractivity contribution is 6.20. The maximum Gasteiger partial charge on any atom is 0.143 e. The zero-order chi connectivity index (χ0) is 29.5. The number of fused-ring (bicyclic) bond motifs is 9. The fourth-order valence-corrected chi connectivity index (χ4v) is 7.33. The van der Waals surface area contributed by atoms with Crippen molar-refractivity contribution in [3.05, 3.63) is 158 Å². The number of hydrogen-bond donors (Lipinski definition) is 0. The second-order valence-electron chi connectivity index (χ2n) is 11.8. The first kappa shape index (κ1) is 24.4. The maximum absolute atomic E-state index is 6.46. The first-order chi connectivity index (χ1) is 22.3. The third kappa shape index (κ3) is 3.46. The van der Waals surface area contributed by atoms with E-state index in [4.69, 9.17) is 4.42 Å². The van der Waals surface area contributed by atoms with Crippen LogP contribution in [-0.2, 0) is 0 Å². The molecular weight excluding hydrogens is 548 g/mol. The Kier molecular flexibility index (Phi) is 5.00. The van der Waals surface area contributed by atoms with Crippen molar-refractivity contribution in [2.24, 2.45) is 0 Å². The number of furan rings is 1. The van der Waals surface area contributed by atoms with E-state index in [0.717, 1.165) is 44.4 Å². The Hall–Kier alpha value is -6.06. The fourth-order valence-electron chi connectivity index (χ4n) is 7.33. The highest BCUT2D eigenvalue weighted by Gasteiger charge is 2.20. The summed E-state index contributed by atoms with van der Waals surface area (Å²) in [7, 11) is 0. The number of rotatable bonds is 3. The van der Waals surface area contributed by atoms with Gasteiger partial charge in [0.1, 0.15) is 11.2 Å². The summed E-state index contributed by atoms with van der Waals surface area (Å²) in [6, 6.07) is 56.5. The molecule has 0 saturated carbocycles. The van der Waals surface area contributed by atoms with E-state index in [2.05, 4.69) is 155 Å². The summed E-state index contributed by atoms with van der Waals surface area (Å²) in [6.45, 7) is 0. The Morgan fingerprint density at radius 2 is 0.911 bits per heavy atom. The van der Waals surface area contributed by atoms with Gasteiger partial charge >= 0.3 is 0 Å². The van der Waals surface area contributed by atoms with Crippen molar-refractivity contribution in [2.75, 3.05) is 0 Å². The predicted octanol–water partition coefficient (Wildman–Crippen LogP) is 11.4. The molecule has 0 saturated heterocycles. The third-order valence-corrected chi connectivity index (χ3v) is 9.30. The first-order valence-corrected chi connectivity index (χ1v) is 15.4. The smallest absolute Gasteiger partial charge is 0.143 e. The first-order valence-electron chi connectivity index (χ1n) is 15.4. The van der Waals surface area contributed by atoms with Crippen molar-refractivity contribution in [1.82, 2.24) is 9.13 Å². The molecular formula is C42H26N2O. The van der Waals surface area contributed by atoms with Crippen LogP contribution < -0.4 is 0 Å². The summed E-state index contributed by atoms with van der Waals surface area (Å²) in [4.78, 5) is 0. The third-order valence-electron chi connectivity index (χ3n) is 9.30. The molecule has 0 aliphatic rings. The van der Waals surface area contributed by atoms with Crippen LogP contribution in [0.25, 0.3) is 88.1 Å². The lowest BCUT2D eigenvalue weighted by Gasteiger charge is -2.09. The van der Waals surface area contributed by atoms with Gasteiger partial charge in [-0.2, -0.15) is 0 Å². The van der Waals surface area contributed by atoms with E-state index in [1.807, 2.05) is 12.1 Å². The van der Waals surface area contributed by atoms with Gasteiger partial charge in [-0.25, -0.2) is 0 Å². The largest absolute Gasteiger partial charge is 0.455 e. The maximum atomic E-state index is 6.46. The lowest BCUT2D eigenvalue weighted by atomic mass is 10.00. The van der Waals surface area contributed by atoms with Gasteiger partial charge in [-0.1, -0.05) is 97.1 Å². The van der Waals surface area contributed by atoms with Gasteiger partial charge in [-0.05, 0) is 66.2 Å². The molecule has 0 bridgehead atoms. The Balaban J connectivity index is 1.33. The number of hydrogen-bond acceptors (Lipinski definition) is 1. The molecule has 3 heterocycles. The van der Waals surface area contributed by atoms with Crippen molar-refractivity contribution in [2.45, 2.75) is 0 Å². The van der Waals surface area contributed by atoms with Gasteiger partial charge in [-0.15, -0.1) is 0 Å². The monoisotopic (exact) mass is 574 g/mol. The molecule has 10 rings (SSSR count). The van der Waals surface area contributed by atoms with E-state index in [0.29, 0.717) is 0 Å². The molecule has 0 aliphatic carbocycles. The minimum absolute atomic E-state index is 0.915. The van der Waals surface area contributed by atoms with Gasteiger partial charge in [0.15, 0.2) is 0 Å². The second-order valence-corrected chi connectivity index (χ2v) is 11.8. The van der Waals surface area contributed by atoms with Crippen molar-refractivity contribution in [3.63, 3.8) is 0 Å². The molecule has 0 fully saturated rings. The summed E-state index contributed by atoms with van der Waals surface area (Å²) >= 11 is 0. The number of aromatic nitrogens is 2. The van der Waals surface area contributed by atoms with E-state index in [1.54, 1.807) is 0 Å². The minimum atomic E-state index is 0.915. The predicted molar refractivity (Wildman–Crippen MR) is 188 cm³/mol. The summed E-state index contributed by atoms with van der Waals surface area (Å²) < 4.78 is 11.3. The summed E-state index contributed by atoms with van der Waals surface area (Å²) in [6.07, 6.45) is 0. The van der Waals surface area contributed by atoms with Crippen LogP contribution in [0.2, 0.25) is 0 Å². The highest BCUT2D eigenvalue weighted by Crippen LogP contribution is 2.42. The van der Waals surface area contributed by atoms with E-state index >= 15 is 0 Å². The number of benzene rings is 7. The summed E-state index contributed by atoms with van der Waals surface area (Å²) in [5.41, 5.74) is 11.2. The van der Waals surface area contributed by atoms with Crippen molar-refractivity contribution in [1.29, 1.82) is 0 Å². The lowest BCUT2D eigenvalue weighted by molar-refractivity contribution is 0.670. The molecule has 210 valence electrons. The van der Waals surface area contributed by atoms with Gasteiger partial charge in [-0.3, -0.25) is 0 Å². The molecule has 0 atom stereocenters. The molecule has 10 aromatic rings. The van der Waals surface area contributed by atoms with Crippen LogP contribution in [-0.4, -0.2) is 9.13 Å². The van der Waals surface area contributed by atoms with Crippen molar-refractivity contribution in [3.8, 4) is 22.5 Å². The Morgan fingerprint density at radius 1 is 0.356 bits per heavy atom. The number of para-hydroxylation sites is 5. The normalized spacial score (nSPS) is 12.0. The molecule has 3 aromatic heterocycles. The van der Waals surface area contributed by atoms with E-state index in [1.165, 1.54) is 43.6 Å². The topological polar surface area (TPSA) is 23.0 Å². The summed E-state index contributed by atoms with van der Waals surface area (Å²) in [5.74, 6) is 0. The minimum Gasteiger partial charge on any atom is -0.455 e. The SMILES string of the molecule is c1ccc(-n2c3ccccc3c3cc4c(cc32)c2cc(-c3cccc5c3oc3ccccc35)ccc2n4-c2ccccc2)cc1. The highest BCUT2D eigenvalue weighted by atomic mass is 16.3. The van der Waals surface area contributed by atoms with Gasteiger partial charge in [0, 0.05) is 49.3 Å². The van der Waals surface area contributed by atoms with Crippen LogP contribution in [0.5, 0.6) is 0 Å². The molecule has 0 amide bonds. The van der Waals surface area contributed by atoms with Gasteiger partial charge in [0.2, 0.25) is 0 Å². The molecule has 0 aliphatic heterocycles. The van der Waals surface area contributed by atoms with Crippen LogP contribution in [0.4, 0.5) is 0 Å². The fraction of sp³-hybridized carbons (Fsp3) is 0. The van der Waals surface area contributed by atoms with Crippen LogP contribution in [0.1, 0.15) is 0 Å². The van der Waals surface area contributed by atoms with Gasteiger partial charge in [0.25, 0.3) is 0 Å². The van der Waals surface area contributed by atoms with Crippen LogP contribution in [0, 0.1) is 0 Å². The summed E-state index contributed by atoms with van der Waals surface area (Å²) in [5, 5.41) is 7.22. The molecule has 3 heteroatoms. The molecule has 3 nitrogen and oxygen atoms in total. The standard InChI is InChI=1S/C42H26N2O/c1-3-12-28(13-4-1)43-37-20-9-7-16-31(37)35-25-40-36(26-39(35)43)34-24-27(22-23-38(34)44(40)29-14-5-2-6-15-29)30-18-11-19-33-32-17-8-10-21-41(32)45-42(30)33/h1-26H. The van der Waals surface area contributed by atoms with E-state index < -0.39 is 0 Å². The Morgan fingerprint density at radius 3 is 1.64 bits per heavy atom. The average molecular weight is 575 g/mol. The van der Waals surface area contributed by atoms with Gasteiger partial charge < -0.3 is 13.6 Å². The molecule has 0 unspecified atom stereocenters. The molecule has 45 heavy (non-hydrogen) atoms. The molecule has 0 N–H and O–H groups in total. The van der Waals surface area contributed by atoms with Crippen molar-refractivity contribution < 1.29 is 4.42 Å². The second kappa shape index (κ2) is 9.22.